The Hall–Kier alpha value is -1.56. The summed E-state index contributed by atoms with van der Waals surface area (Å²) < 4.78 is 12.1. The molecule has 3 unspecified atom stereocenters. The molecule has 1 saturated carbocycles. The van der Waals surface area contributed by atoms with Crippen LogP contribution in [0.15, 0.2) is 35.3 Å². The van der Waals surface area contributed by atoms with Crippen LogP contribution in [0.2, 0.25) is 0 Å². The third-order valence-electron chi connectivity index (χ3n) is 5.09. The second-order valence-corrected chi connectivity index (χ2v) is 9.18. The zero-order valence-electron chi connectivity index (χ0n) is 17.1. The maximum Gasteiger partial charge on any atom is 0.191 e. The second-order valence-electron chi connectivity index (χ2n) is 7.17. The van der Waals surface area contributed by atoms with Crippen molar-refractivity contribution in [3.8, 4) is 0 Å². The number of anilines is 1. The Morgan fingerprint density at radius 3 is 2.74 bits per heavy atom. The first-order valence-electron chi connectivity index (χ1n) is 10.3. The molecule has 0 aliphatic heterocycles. The first kappa shape index (κ1) is 21.7. The van der Waals surface area contributed by atoms with Gasteiger partial charge in [-0.1, -0.05) is 31.5 Å². The molecule has 0 aromatic heterocycles. The molecule has 1 fully saturated rings. The Balaban J connectivity index is 1.80. The topological polar surface area (TPSA) is 56.7 Å². The van der Waals surface area contributed by atoms with Crippen LogP contribution in [0.3, 0.4) is 0 Å². The zero-order valence-corrected chi connectivity index (χ0v) is 17.9. The van der Waals surface area contributed by atoms with Gasteiger partial charge in [-0.25, -0.2) is 0 Å². The minimum absolute atomic E-state index is 0.337. The third kappa shape index (κ3) is 7.53. The lowest BCUT2D eigenvalue weighted by molar-refractivity contribution is 0.413. The second kappa shape index (κ2) is 12.0. The van der Waals surface area contributed by atoms with Gasteiger partial charge in [-0.15, -0.1) is 0 Å². The zero-order chi connectivity index (χ0) is 19.5. The lowest BCUT2D eigenvalue weighted by Crippen LogP contribution is -2.46. The quantitative estimate of drug-likeness (QED) is 0.385. The lowest BCUT2D eigenvalue weighted by atomic mass is 9.95. The van der Waals surface area contributed by atoms with E-state index in [-0.39, 0.29) is 0 Å². The number of aliphatic imine (C=N–C) groups is 1. The van der Waals surface area contributed by atoms with Gasteiger partial charge in [0.2, 0.25) is 0 Å². The molecule has 0 bridgehead atoms. The summed E-state index contributed by atoms with van der Waals surface area (Å²) in [5.74, 6) is 1.66. The van der Waals surface area contributed by atoms with Crippen molar-refractivity contribution in [3.05, 3.63) is 30.3 Å². The maximum absolute atomic E-state index is 12.1. The molecule has 1 aliphatic rings. The summed E-state index contributed by atoms with van der Waals surface area (Å²) in [6.45, 7) is 6.74. The van der Waals surface area contributed by atoms with Crippen LogP contribution >= 0.6 is 0 Å². The van der Waals surface area contributed by atoms with Crippen molar-refractivity contribution in [2.24, 2.45) is 4.99 Å². The Kier molecular flexibility index (Phi) is 9.67. The van der Waals surface area contributed by atoms with E-state index < -0.39 is 10.8 Å². The summed E-state index contributed by atoms with van der Waals surface area (Å²) in [5.41, 5.74) is 1.24. The molecule has 1 aliphatic carbocycles. The first-order chi connectivity index (χ1) is 13.1. The number of nitrogens with zero attached hydrogens (tertiary/aromatic N) is 2. The number of para-hydroxylation sites is 1. The molecular formula is C21H36N4OS. The molecule has 27 heavy (non-hydrogen) atoms. The van der Waals surface area contributed by atoms with Crippen LogP contribution in [0.5, 0.6) is 0 Å². The van der Waals surface area contributed by atoms with Crippen LogP contribution in [-0.2, 0) is 10.8 Å². The summed E-state index contributed by atoms with van der Waals surface area (Å²) in [6, 6.07) is 10.8. The maximum atomic E-state index is 12.1. The monoisotopic (exact) mass is 392 g/mol. The molecule has 2 rings (SSSR count). The van der Waals surface area contributed by atoms with Gasteiger partial charge in [0.25, 0.3) is 0 Å². The van der Waals surface area contributed by atoms with Crippen molar-refractivity contribution in [3.63, 3.8) is 0 Å². The lowest BCUT2D eigenvalue weighted by Gasteiger charge is -2.30. The fourth-order valence-electron chi connectivity index (χ4n) is 3.57. The summed E-state index contributed by atoms with van der Waals surface area (Å²) in [5, 5.41) is 7.27. The van der Waals surface area contributed by atoms with E-state index >= 15 is 0 Å². The van der Waals surface area contributed by atoms with E-state index in [9.17, 15) is 4.21 Å². The summed E-state index contributed by atoms with van der Waals surface area (Å²) in [7, 11) is 1.43. The number of nitrogens with one attached hydrogen (secondary N) is 2. The van der Waals surface area contributed by atoms with Gasteiger partial charge in [-0.3, -0.25) is 9.20 Å². The highest BCUT2D eigenvalue weighted by Crippen LogP contribution is 2.23. The summed E-state index contributed by atoms with van der Waals surface area (Å²) in [4.78, 5) is 7.02. The first-order valence-corrected chi connectivity index (χ1v) is 11.7. The van der Waals surface area contributed by atoms with Gasteiger partial charge in [-0.05, 0) is 44.7 Å². The van der Waals surface area contributed by atoms with Gasteiger partial charge in [0.1, 0.15) is 0 Å². The molecule has 0 amide bonds. The molecule has 3 atom stereocenters. The average molecular weight is 393 g/mol. The highest BCUT2D eigenvalue weighted by molar-refractivity contribution is 7.85. The van der Waals surface area contributed by atoms with Crippen molar-refractivity contribution in [2.45, 2.75) is 57.2 Å². The molecule has 5 nitrogen and oxygen atoms in total. The number of rotatable bonds is 9. The summed E-state index contributed by atoms with van der Waals surface area (Å²) in [6.07, 6.45) is 5.38. The largest absolute Gasteiger partial charge is 0.375 e. The molecule has 0 spiro atoms. The minimum atomic E-state index is -0.689. The number of hydrogen-bond donors (Lipinski definition) is 2. The molecule has 0 heterocycles. The normalized spacial score (nSPS) is 21.5. The van der Waals surface area contributed by atoms with E-state index in [1.54, 1.807) is 0 Å². The predicted octanol–water partition coefficient (Wildman–Crippen LogP) is 3.15. The van der Waals surface area contributed by atoms with Crippen LogP contribution < -0.4 is 15.5 Å². The average Bonchev–Trinajstić information content (AvgIpc) is 2.71. The number of benzene rings is 1. The van der Waals surface area contributed by atoms with Crippen molar-refractivity contribution in [2.75, 3.05) is 37.3 Å². The van der Waals surface area contributed by atoms with Crippen molar-refractivity contribution in [1.29, 1.82) is 0 Å². The Labute approximate surface area is 167 Å². The van der Waals surface area contributed by atoms with E-state index in [2.05, 4.69) is 53.8 Å². The molecule has 2 N–H and O–H groups in total. The van der Waals surface area contributed by atoms with Gasteiger partial charge in [0.05, 0.1) is 0 Å². The van der Waals surface area contributed by atoms with Gasteiger partial charge in [0.15, 0.2) is 5.96 Å². The van der Waals surface area contributed by atoms with Crippen LogP contribution in [0, 0.1) is 0 Å². The van der Waals surface area contributed by atoms with Gasteiger partial charge >= 0.3 is 0 Å². The van der Waals surface area contributed by atoms with E-state index in [0.29, 0.717) is 11.3 Å². The van der Waals surface area contributed by atoms with Crippen molar-refractivity contribution in [1.82, 2.24) is 10.6 Å². The molecule has 1 aromatic carbocycles. The van der Waals surface area contributed by atoms with Gasteiger partial charge < -0.3 is 15.5 Å². The molecule has 152 valence electrons. The fourth-order valence-corrected chi connectivity index (χ4v) is 4.92. The Morgan fingerprint density at radius 2 is 2.04 bits per heavy atom. The number of guanidine groups is 1. The standard InChI is InChI=1S/C21H36N4OS/c1-4-22-21(24-18-11-9-14-20(17-18)27(26)5-2)23-15-10-16-25(3)19-12-7-6-8-13-19/h6-8,12-13,18,20H,4-5,9-11,14-17H2,1-3H3,(H2,22,23,24). The highest BCUT2D eigenvalue weighted by atomic mass is 32.2. The Bertz CT molecular complexity index is 593. The van der Waals surface area contributed by atoms with E-state index in [4.69, 9.17) is 4.99 Å². The van der Waals surface area contributed by atoms with Crippen LogP contribution in [0.25, 0.3) is 0 Å². The Morgan fingerprint density at radius 1 is 1.26 bits per heavy atom. The molecular weight excluding hydrogens is 356 g/mol. The van der Waals surface area contributed by atoms with Crippen LogP contribution in [0.4, 0.5) is 5.69 Å². The third-order valence-corrected chi connectivity index (χ3v) is 6.83. The van der Waals surface area contributed by atoms with E-state index in [1.807, 2.05) is 13.0 Å². The molecule has 6 heteroatoms. The smallest absolute Gasteiger partial charge is 0.191 e. The van der Waals surface area contributed by atoms with E-state index in [1.165, 1.54) is 5.69 Å². The fraction of sp³-hybridized carbons (Fsp3) is 0.667. The van der Waals surface area contributed by atoms with Crippen molar-refractivity contribution >= 4 is 22.4 Å². The molecule has 0 saturated heterocycles. The van der Waals surface area contributed by atoms with Gasteiger partial charge in [-0.2, -0.15) is 0 Å². The van der Waals surface area contributed by atoms with E-state index in [0.717, 1.165) is 63.5 Å². The highest BCUT2D eigenvalue weighted by Gasteiger charge is 2.25. The van der Waals surface area contributed by atoms with Crippen molar-refractivity contribution < 1.29 is 4.21 Å². The van der Waals surface area contributed by atoms with Crippen LogP contribution in [-0.4, -0.2) is 53.9 Å². The summed E-state index contributed by atoms with van der Waals surface area (Å²) >= 11 is 0. The predicted molar refractivity (Wildman–Crippen MR) is 118 cm³/mol. The molecule has 0 radical (unpaired) electrons. The minimum Gasteiger partial charge on any atom is -0.375 e. The molecule has 1 aromatic rings. The van der Waals surface area contributed by atoms with Crippen LogP contribution in [0.1, 0.15) is 46.0 Å². The number of hydrogen-bond acceptors (Lipinski definition) is 3. The van der Waals surface area contributed by atoms with Gasteiger partial charge in [0, 0.05) is 60.2 Å². The SMILES string of the molecule is CCNC(=NCCCN(C)c1ccccc1)NC1CCCC(S(=O)CC)C1.